The van der Waals surface area contributed by atoms with Crippen LogP contribution < -0.4 is 0 Å². The number of hydrogen-bond donors (Lipinski definition) is 0. The number of hydrogen-bond acceptors (Lipinski definition) is 1. The normalized spacial score (nSPS) is 10.7. The van der Waals surface area contributed by atoms with Gasteiger partial charge in [0.05, 0.1) is 0 Å². The molecule has 0 unspecified atom stereocenters. The van der Waals surface area contributed by atoms with Crippen molar-refractivity contribution in [3.8, 4) is 6.07 Å². The van der Waals surface area contributed by atoms with E-state index in [1.165, 1.54) is 0 Å². The van der Waals surface area contributed by atoms with Gasteiger partial charge in [-0.05, 0) is 17.5 Å². The lowest BCUT2D eigenvalue weighted by Crippen LogP contribution is -1.81. The van der Waals surface area contributed by atoms with Gasteiger partial charge in [-0.3, -0.25) is 0 Å². The quantitative estimate of drug-likeness (QED) is 0.690. The highest BCUT2D eigenvalue weighted by atomic mass is 35.5. The van der Waals surface area contributed by atoms with E-state index in [0.29, 0.717) is 6.42 Å². The Hall–Kier alpha value is -1.52. The minimum atomic E-state index is 0.234. The number of allylic oxidation sites excluding steroid dienone is 2. The SMILES string of the molecule is C=Cc1ccc(C/C=C(\Cl)C#N)cc1. The zero-order chi connectivity index (χ0) is 10.4. The summed E-state index contributed by atoms with van der Waals surface area (Å²) in [4.78, 5) is 0. The van der Waals surface area contributed by atoms with Crippen molar-refractivity contribution in [2.45, 2.75) is 6.42 Å². The summed E-state index contributed by atoms with van der Waals surface area (Å²) in [6, 6.07) is 9.82. The first-order valence-corrected chi connectivity index (χ1v) is 4.61. The molecule has 0 aliphatic rings. The van der Waals surface area contributed by atoms with Gasteiger partial charge in [0.25, 0.3) is 0 Å². The Balaban J connectivity index is 2.70. The lowest BCUT2D eigenvalue weighted by atomic mass is 10.1. The lowest BCUT2D eigenvalue weighted by molar-refractivity contribution is 1.26. The molecule has 0 saturated heterocycles. The van der Waals surface area contributed by atoms with Crippen molar-refractivity contribution in [1.29, 1.82) is 5.26 Å². The van der Waals surface area contributed by atoms with Gasteiger partial charge >= 0.3 is 0 Å². The van der Waals surface area contributed by atoms with Gasteiger partial charge in [0.2, 0.25) is 0 Å². The zero-order valence-corrected chi connectivity index (χ0v) is 8.46. The van der Waals surface area contributed by atoms with E-state index in [0.717, 1.165) is 11.1 Å². The van der Waals surface area contributed by atoms with Gasteiger partial charge in [-0.1, -0.05) is 54.6 Å². The maximum Gasteiger partial charge on any atom is 0.114 e. The molecular formula is C12H10ClN. The second-order valence-corrected chi connectivity index (χ2v) is 3.22. The van der Waals surface area contributed by atoms with Crippen LogP contribution in [0.15, 0.2) is 42.0 Å². The molecule has 0 aliphatic carbocycles. The molecule has 0 atom stereocenters. The molecule has 0 spiro atoms. The lowest BCUT2D eigenvalue weighted by Gasteiger charge is -1.97. The van der Waals surface area contributed by atoms with Crippen molar-refractivity contribution in [1.82, 2.24) is 0 Å². The zero-order valence-electron chi connectivity index (χ0n) is 7.70. The van der Waals surface area contributed by atoms with E-state index in [4.69, 9.17) is 16.9 Å². The van der Waals surface area contributed by atoms with E-state index in [1.54, 1.807) is 12.2 Å². The smallest absolute Gasteiger partial charge is 0.114 e. The molecule has 0 amide bonds. The van der Waals surface area contributed by atoms with E-state index in [2.05, 4.69) is 6.58 Å². The van der Waals surface area contributed by atoms with Crippen molar-refractivity contribution in [2.75, 3.05) is 0 Å². The van der Waals surface area contributed by atoms with Gasteiger partial charge in [-0.25, -0.2) is 0 Å². The fraction of sp³-hybridized carbons (Fsp3) is 0.0833. The first-order valence-electron chi connectivity index (χ1n) is 4.23. The van der Waals surface area contributed by atoms with Crippen LogP contribution in [0.1, 0.15) is 11.1 Å². The summed E-state index contributed by atoms with van der Waals surface area (Å²) < 4.78 is 0. The Morgan fingerprint density at radius 3 is 2.57 bits per heavy atom. The largest absolute Gasteiger partial charge is 0.191 e. The van der Waals surface area contributed by atoms with Gasteiger partial charge in [0, 0.05) is 0 Å². The van der Waals surface area contributed by atoms with Crippen LogP contribution in [-0.4, -0.2) is 0 Å². The molecule has 0 fully saturated rings. The van der Waals surface area contributed by atoms with Gasteiger partial charge in [0.1, 0.15) is 11.1 Å². The maximum atomic E-state index is 8.43. The molecule has 0 heterocycles. The molecule has 14 heavy (non-hydrogen) atoms. The molecule has 70 valence electrons. The molecule has 1 nitrogen and oxygen atoms in total. The number of rotatable bonds is 3. The monoisotopic (exact) mass is 203 g/mol. The first kappa shape index (κ1) is 10.6. The highest BCUT2D eigenvalue weighted by Crippen LogP contribution is 2.08. The minimum absolute atomic E-state index is 0.234. The van der Waals surface area contributed by atoms with E-state index < -0.39 is 0 Å². The predicted octanol–water partition coefficient (Wildman–Crippen LogP) is 3.52. The summed E-state index contributed by atoms with van der Waals surface area (Å²) in [5, 5.41) is 8.67. The predicted molar refractivity (Wildman–Crippen MR) is 59.8 cm³/mol. The summed E-state index contributed by atoms with van der Waals surface area (Å²) in [7, 11) is 0. The average Bonchev–Trinajstić information content (AvgIpc) is 2.26. The van der Waals surface area contributed by atoms with Crippen LogP contribution in [0.25, 0.3) is 6.08 Å². The number of nitriles is 1. The maximum absolute atomic E-state index is 8.43. The fourth-order valence-corrected chi connectivity index (χ4v) is 1.12. The summed E-state index contributed by atoms with van der Waals surface area (Å²) in [6.07, 6.45) is 4.18. The van der Waals surface area contributed by atoms with Gasteiger partial charge in [-0.15, -0.1) is 0 Å². The number of nitrogens with zero attached hydrogens (tertiary/aromatic N) is 1. The Bertz CT molecular complexity index is 382. The van der Waals surface area contributed by atoms with E-state index in [-0.39, 0.29) is 5.03 Å². The molecule has 2 heteroatoms. The van der Waals surface area contributed by atoms with Crippen molar-refractivity contribution in [2.24, 2.45) is 0 Å². The Morgan fingerprint density at radius 1 is 1.43 bits per heavy atom. The average molecular weight is 204 g/mol. The molecule has 1 aromatic rings. The molecule has 0 radical (unpaired) electrons. The Labute approximate surface area is 88.9 Å². The summed E-state index contributed by atoms with van der Waals surface area (Å²) in [6.45, 7) is 3.67. The van der Waals surface area contributed by atoms with Crippen LogP contribution in [-0.2, 0) is 6.42 Å². The minimum Gasteiger partial charge on any atom is -0.191 e. The third-order valence-electron chi connectivity index (χ3n) is 1.84. The van der Waals surface area contributed by atoms with Crippen LogP contribution in [0.3, 0.4) is 0 Å². The third kappa shape index (κ3) is 3.08. The number of benzene rings is 1. The van der Waals surface area contributed by atoms with Crippen molar-refractivity contribution in [3.05, 3.63) is 53.1 Å². The highest BCUT2D eigenvalue weighted by molar-refractivity contribution is 6.31. The standard InChI is InChI=1S/C12H10ClN/c1-2-10-3-5-11(6-4-10)7-8-12(13)9-14/h2-6,8H,1,7H2/b12-8-. The van der Waals surface area contributed by atoms with Gasteiger partial charge in [-0.2, -0.15) is 5.26 Å². The van der Waals surface area contributed by atoms with Crippen LogP contribution in [0, 0.1) is 11.3 Å². The summed E-state index contributed by atoms with van der Waals surface area (Å²) in [5.74, 6) is 0. The van der Waals surface area contributed by atoms with Crippen LogP contribution in [0.2, 0.25) is 0 Å². The van der Waals surface area contributed by atoms with Crippen LogP contribution >= 0.6 is 11.6 Å². The van der Waals surface area contributed by atoms with E-state index in [1.807, 2.05) is 30.3 Å². The Morgan fingerprint density at radius 2 is 2.07 bits per heavy atom. The second-order valence-electron chi connectivity index (χ2n) is 2.81. The first-order chi connectivity index (χ1) is 6.76. The molecule has 0 aliphatic heterocycles. The molecule has 0 bridgehead atoms. The molecular weight excluding hydrogens is 194 g/mol. The second kappa shape index (κ2) is 5.26. The van der Waals surface area contributed by atoms with Crippen molar-refractivity contribution >= 4 is 17.7 Å². The molecule has 1 rings (SSSR count). The van der Waals surface area contributed by atoms with Crippen molar-refractivity contribution in [3.63, 3.8) is 0 Å². The molecule has 0 saturated carbocycles. The molecule has 1 aromatic carbocycles. The van der Waals surface area contributed by atoms with Gasteiger partial charge in [0.15, 0.2) is 0 Å². The number of halogens is 1. The molecule has 0 aromatic heterocycles. The fourth-order valence-electron chi connectivity index (χ4n) is 1.04. The van der Waals surface area contributed by atoms with E-state index >= 15 is 0 Å². The highest BCUT2D eigenvalue weighted by Gasteiger charge is 1.92. The summed E-state index contributed by atoms with van der Waals surface area (Å²) in [5.41, 5.74) is 2.22. The van der Waals surface area contributed by atoms with Crippen LogP contribution in [0.4, 0.5) is 0 Å². The summed E-state index contributed by atoms with van der Waals surface area (Å²) >= 11 is 5.56. The van der Waals surface area contributed by atoms with E-state index in [9.17, 15) is 0 Å². The van der Waals surface area contributed by atoms with Crippen LogP contribution in [0.5, 0.6) is 0 Å². The van der Waals surface area contributed by atoms with Gasteiger partial charge < -0.3 is 0 Å². The molecule has 0 N–H and O–H groups in total. The Kier molecular flexibility index (Phi) is 3.97. The van der Waals surface area contributed by atoms with Crippen molar-refractivity contribution < 1.29 is 0 Å². The third-order valence-corrected chi connectivity index (χ3v) is 2.08. The topological polar surface area (TPSA) is 23.8 Å².